The molecule has 0 amide bonds. The Morgan fingerprint density at radius 3 is 2.69 bits per heavy atom. The summed E-state index contributed by atoms with van der Waals surface area (Å²) in [7, 11) is 0. The number of aromatic nitrogens is 2. The van der Waals surface area contributed by atoms with E-state index in [1.165, 1.54) is 11.8 Å². The number of nitrogens with zero attached hydrogens (tertiary/aromatic N) is 2. The average Bonchev–Trinajstić information content (AvgIpc) is 1.99. The number of carbonyl (C=O) groups is 1. The molecule has 0 fully saturated rings. The number of aryl methyl sites for hydroxylation is 2. The van der Waals surface area contributed by atoms with Crippen LogP contribution < -0.4 is 0 Å². The van der Waals surface area contributed by atoms with Gasteiger partial charge in [0, 0.05) is 5.69 Å². The fraction of sp³-hybridized carbons (Fsp3) is 0.444. The first-order chi connectivity index (χ1) is 6.08. The summed E-state index contributed by atoms with van der Waals surface area (Å²) in [5.41, 5.74) is 0.943. The average molecular weight is 196 g/mol. The zero-order valence-electron chi connectivity index (χ0n) is 8.00. The maximum Gasteiger partial charge on any atom is 0.140 e. The Balaban J connectivity index is 2.71. The van der Waals surface area contributed by atoms with E-state index in [0.717, 1.165) is 16.5 Å². The molecule has 0 aromatic carbocycles. The second-order valence-electron chi connectivity index (χ2n) is 2.89. The molecule has 0 bridgehead atoms. The third-order valence-corrected chi connectivity index (χ3v) is 2.42. The molecule has 0 N–H and O–H groups in total. The van der Waals surface area contributed by atoms with Crippen LogP contribution in [-0.4, -0.2) is 21.5 Å². The predicted octanol–water partition coefficient (Wildman–Crippen LogP) is 1.77. The van der Waals surface area contributed by atoms with Crippen LogP contribution in [0.2, 0.25) is 0 Å². The molecule has 13 heavy (non-hydrogen) atoms. The predicted molar refractivity (Wildman–Crippen MR) is 52.9 cm³/mol. The summed E-state index contributed by atoms with van der Waals surface area (Å²) in [6.07, 6.45) is 0. The topological polar surface area (TPSA) is 42.9 Å². The van der Waals surface area contributed by atoms with Crippen LogP contribution in [0.4, 0.5) is 0 Å². The lowest BCUT2D eigenvalue weighted by atomic mass is 10.4. The van der Waals surface area contributed by atoms with E-state index in [9.17, 15) is 4.79 Å². The van der Waals surface area contributed by atoms with Crippen molar-refractivity contribution in [3.8, 4) is 0 Å². The summed E-state index contributed by atoms with van der Waals surface area (Å²) < 4.78 is 0. The molecule has 0 aliphatic rings. The molecule has 4 heteroatoms. The largest absolute Gasteiger partial charge is 0.299 e. The van der Waals surface area contributed by atoms with Crippen molar-refractivity contribution in [3.63, 3.8) is 0 Å². The lowest BCUT2D eigenvalue weighted by Crippen LogP contribution is -1.97. The van der Waals surface area contributed by atoms with Gasteiger partial charge in [0.2, 0.25) is 0 Å². The lowest BCUT2D eigenvalue weighted by Gasteiger charge is -2.00. The van der Waals surface area contributed by atoms with Gasteiger partial charge >= 0.3 is 0 Å². The summed E-state index contributed by atoms with van der Waals surface area (Å²) in [4.78, 5) is 19.1. The molecule has 1 aromatic rings. The van der Waals surface area contributed by atoms with Crippen molar-refractivity contribution < 1.29 is 4.79 Å². The summed E-state index contributed by atoms with van der Waals surface area (Å²) in [6.45, 7) is 5.35. The first kappa shape index (κ1) is 10.2. The fourth-order valence-corrected chi connectivity index (χ4v) is 1.73. The zero-order chi connectivity index (χ0) is 9.84. The Morgan fingerprint density at radius 2 is 2.15 bits per heavy atom. The highest BCUT2D eigenvalue weighted by atomic mass is 32.2. The summed E-state index contributed by atoms with van der Waals surface area (Å²) in [5.74, 6) is 1.40. The molecule has 0 saturated carbocycles. The maximum absolute atomic E-state index is 10.7. The van der Waals surface area contributed by atoms with Crippen LogP contribution in [0.5, 0.6) is 0 Å². The van der Waals surface area contributed by atoms with Crippen LogP contribution in [0.3, 0.4) is 0 Å². The van der Waals surface area contributed by atoms with Gasteiger partial charge in [-0.25, -0.2) is 9.97 Å². The normalized spacial score (nSPS) is 10.1. The molecule has 1 heterocycles. The van der Waals surface area contributed by atoms with E-state index in [-0.39, 0.29) is 5.78 Å². The highest BCUT2D eigenvalue weighted by Crippen LogP contribution is 2.15. The van der Waals surface area contributed by atoms with Gasteiger partial charge in [0.25, 0.3) is 0 Å². The first-order valence-electron chi connectivity index (χ1n) is 4.02. The van der Waals surface area contributed by atoms with Crippen LogP contribution in [0.1, 0.15) is 18.4 Å². The summed E-state index contributed by atoms with van der Waals surface area (Å²) >= 11 is 1.46. The van der Waals surface area contributed by atoms with Gasteiger partial charge in [-0.2, -0.15) is 0 Å². The molecule has 1 aromatic heterocycles. The SMILES string of the molecule is CC(=O)CSc1cc(C)nc(C)n1. The molecule has 0 saturated heterocycles. The van der Waals surface area contributed by atoms with Crippen molar-refractivity contribution in [2.75, 3.05) is 5.75 Å². The van der Waals surface area contributed by atoms with Gasteiger partial charge in [0.05, 0.1) is 5.75 Å². The van der Waals surface area contributed by atoms with Crippen molar-refractivity contribution in [1.29, 1.82) is 0 Å². The lowest BCUT2D eigenvalue weighted by molar-refractivity contribution is -0.114. The zero-order valence-corrected chi connectivity index (χ0v) is 8.81. The van der Waals surface area contributed by atoms with Crippen LogP contribution in [0.15, 0.2) is 11.1 Å². The number of thioether (sulfide) groups is 1. The number of rotatable bonds is 3. The van der Waals surface area contributed by atoms with E-state index >= 15 is 0 Å². The Kier molecular flexibility index (Phi) is 3.42. The minimum atomic E-state index is 0.166. The third kappa shape index (κ3) is 3.55. The number of Topliss-reactive ketones (excluding diaryl/α,β-unsaturated/α-hetero) is 1. The number of hydrogen-bond acceptors (Lipinski definition) is 4. The highest BCUT2D eigenvalue weighted by Gasteiger charge is 2.01. The second kappa shape index (κ2) is 4.37. The molecular weight excluding hydrogens is 184 g/mol. The van der Waals surface area contributed by atoms with Gasteiger partial charge in [-0.15, -0.1) is 0 Å². The van der Waals surface area contributed by atoms with Crippen LogP contribution in [0, 0.1) is 13.8 Å². The molecular formula is C9H12N2OS. The highest BCUT2D eigenvalue weighted by molar-refractivity contribution is 7.99. The first-order valence-corrected chi connectivity index (χ1v) is 5.01. The maximum atomic E-state index is 10.7. The van der Waals surface area contributed by atoms with Gasteiger partial charge in [-0.3, -0.25) is 4.79 Å². The Bertz CT molecular complexity index is 305. The molecule has 1 rings (SSSR count). The molecule has 0 unspecified atom stereocenters. The molecule has 0 aliphatic carbocycles. The van der Waals surface area contributed by atoms with Crippen molar-refractivity contribution >= 4 is 17.5 Å². The molecule has 0 spiro atoms. The van der Waals surface area contributed by atoms with Crippen molar-refractivity contribution in [2.24, 2.45) is 0 Å². The minimum absolute atomic E-state index is 0.166. The summed E-state index contributed by atoms with van der Waals surface area (Å²) in [6, 6.07) is 1.89. The van der Waals surface area contributed by atoms with Crippen LogP contribution in [-0.2, 0) is 4.79 Å². The number of hydrogen-bond donors (Lipinski definition) is 0. The van der Waals surface area contributed by atoms with Crippen molar-refractivity contribution in [2.45, 2.75) is 25.8 Å². The monoisotopic (exact) mass is 196 g/mol. The van der Waals surface area contributed by atoms with Gasteiger partial charge < -0.3 is 0 Å². The van der Waals surface area contributed by atoms with Crippen molar-refractivity contribution in [1.82, 2.24) is 9.97 Å². The quantitative estimate of drug-likeness (QED) is 0.546. The van der Waals surface area contributed by atoms with E-state index in [0.29, 0.717) is 5.75 Å². The second-order valence-corrected chi connectivity index (χ2v) is 3.88. The third-order valence-electron chi connectivity index (χ3n) is 1.37. The molecule has 70 valence electrons. The van der Waals surface area contributed by atoms with Gasteiger partial charge in [-0.05, 0) is 26.8 Å². The summed E-state index contributed by atoms with van der Waals surface area (Å²) in [5, 5.41) is 0.875. The fourth-order valence-electron chi connectivity index (χ4n) is 0.932. The van der Waals surface area contributed by atoms with Crippen LogP contribution >= 0.6 is 11.8 Å². The van der Waals surface area contributed by atoms with Gasteiger partial charge in [-0.1, -0.05) is 11.8 Å². The molecule has 0 aliphatic heterocycles. The standard InChI is InChI=1S/C9H12N2OS/c1-6-4-9(11-8(3)10-6)13-5-7(2)12/h4H,5H2,1-3H3. The van der Waals surface area contributed by atoms with Crippen molar-refractivity contribution in [3.05, 3.63) is 17.6 Å². The van der Waals surface area contributed by atoms with Gasteiger partial charge in [0.15, 0.2) is 0 Å². The Morgan fingerprint density at radius 1 is 1.46 bits per heavy atom. The molecule has 0 radical (unpaired) electrons. The molecule has 0 atom stereocenters. The van der Waals surface area contributed by atoms with E-state index in [2.05, 4.69) is 9.97 Å². The van der Waals surface area contributed by atoms with Gasteiger partial charge in [0.1, 0.15) is 16.6 Å². The minimum Gasteiger partial charge on any atom is -0.299 e. The van der Waals surface area contributed by atoms with E-state index in [4.69, 9.17) is 0 Å². The van der Waals surface area contributed by atoms with Crippen LogP contribution in [0.25, 0.3) is 0 Å². The Hall–Kier alpha value is -0.900. The van der Waals surface area contributed by atoms with E-state index in [1.807, 2.05) is 19.9 Å². The number of ketones is 1. The Labute approximate surface area is 82.0 Å². The molecule has 3 nitrogen and oxygen atoms in total. The smallest absolute Gasteiger partial charge is 0.140 e. The number of carbonyl (C=O) groups excluding carboxylic acids is 1. The van der Waals surface area contributed by atoms with E-state index in [1.54, 1.807) is 6.92 Å². The van der Waals surface area contributed by atoms with E-state index < -0.39 is 0 Å².